The van der Waals surface area contributed by atoms with E-state index in [4.69, 9.17) is 4.74 Å². The largest absolute Gasteiger partial charge is 0.481 e. The number of likely N-dealkylation sites (tertiary alicyclic amines) is 1. The average molecular weight is 367 g/mol. The number of amides is 2. The fourth-order valence-corrected chi connectivity index (χ4v) is 3.85. The molecule has 2 heterocycles. The summed E-state index contributed by atoms with van der Waals surface area (Å²) in [7, 11) is 0. The zero-order valence-electron chi connectivity index (χ0n) is 14.7. The van der Waals surface area contributed by atoms with Gasteiger partial charge >= 0.3 is 12.0 Å². The summed E-state index contributed by atoms with van der Waals surface area (Å²) in [4.78, 5) is 26.1. The Labute approximate surface area is 156 Å². The highest BCUT2D eigenvalue weighted by molar-refractivity contribution is 5.92. The minimum atomic E-state index is -0.891. The molecule has 0 radical (unpaired) electrons. The number of aliphatic carboxylic acids is 1. The molecule has 4 rings (SSSR count). The lowest BCUT2D eigenvalue weighted by Gasteiger charge is -2.23. The Kier molecular flexibility index (Phi) is 4.45. The summed E-state index contributed by atoms with van der Waals surface area (Å²) >= 11 is 0. The number of urea groups is 1. The van der Waals surface area contributed by atoms with Gasteiger partial charge in [-0.25, -0.2) is 4.79 Å². The van der Waals surface area contributed by atoms with Crippen LogP contribution >= 0.6 is 0 Å². The van der Waals surface area contributed by atoms with Crippen LogP contribution in [0, 0.1) is 11.3 Å². The van der Waals surface area contributed by atoms with Crippen LogP contribution in [-0.2, 0) is 4.79 Å². The first-order valence-electron chi connectivity index (χ1n) is 8.90. The second-order valence-corrected chi connectivity index (χ2v) is 7.01. The standard InChI is InChI=1S/C20H21N3O4/c24-18(25)20-12-21-10-14(20)11-23(13-20)19(26)22-16-8-4-5-9-17(16)27-15-6-2-1-3-7-15/h1-9,14,21H,10-13H2,(H,22,26)(H,24,25)/t14-,20-/m1/s1. The summed E-state index contributed by atoms with van der Waals surface area (Å²) in [5.41, 5.74) is -0.344. The predicted molar refractivity (Wildman–Crippen MR) is 100.0 cm³/mol. The van der Waals surface area contributed by atoms with E-state index in [2.05, 4.69) is 10.6 Å². The third-order valence-electron chi connectivity index (χ3n) is 5.34. The quantitative estimate of drug-likeness (QED) is 0.773. The molecule has 140 valence electrons. The predicted octanol–water partition coefficient (Wildman–Crippen LogP) is 2.62. The smallest absolute Gasteiger partial charge is 0.321 e. The summed E-state index contributed by atoms with van der Waals surface area (Å²) in [6, 6.07) is 16.2. The molecule has 2 aliphatic rings. The van der Waals surface area contributed by atoms with Crippen LogP contribution in [-0.4, -0.2) is 48.2 Å². The average Bonchev–Trinajstić information content (AvgIpc) is 3.23. The molecule has 0 unspecified atom stereocenters. The van der Waals surface area contributed by atoms with E-state index in [1.165, 1.54) is 0 Å². The first kappa shape index (κ1) is 17.4. The van der Waals surface area contributed by atoms with E-state index in [9.17, 15) is 14.7 Å². The van der Waals surface area contributed by atoms with E-state index in [1.54, 1.807) is 17.0 Å². The number of carboxylic acids is 1. The Bertz CT molecular complexity index is 857. The molecule has 0 bridgehead atoms. The molecule has 2 saturated heterocycles. The van der Waals surface area contributed by atoms with Crippen molar-refractivity contribution in [3.05, 3.63) is 54.6 Å². The number of carbonyl (C=O) groups is 2. The van der Waals surface area contributed by atoms with Gasteiger partial charge in [0.25, 0.3) is 0 Å². The maximum absolute atomic E-state index is 12.8. The van der Waals surface area contributed by atoms with E-state index in [1.807, 2.05) is 42.5 Å². The number of anilines is 1. The summed E-state index contributed by atoms with van der Waals surface area (Å²) in [5, 5.41) is 15.7. The summed E-state index contributed by atoms with van der Waals surface area (Å²) < 4.78 is 5.87. The summed E-state index contributed by atoms with van der Waals surface area (Å²) in [6.45, 7) is 1.63. The van der Waals surface area contributed by atoms with Crippen molar-refractivity contribution in [3.8, 4) is 11.5 Å². The number of fused-ring (bicyclic) bond motifs is 1. The van der Waals surface area contributed by atoms with E-state index in [-0.39, 0.29) is 18.5 Å². The second-order valence-electron chi connectivity index (χ2n) is 7.01. The molecule has 7 nitrogen and oxygen atoms in total. The fraction of sp³-hybridized carbons (Fsp3) is 0.300. The van der Waals surface area contributed by atoms with Gasteiger partial charge < -0.3 is 25.4 Å². The van der Waals surface area contributed by atoms with Crippen molar-refractivity contribution in [1.82, 2.24) is 10.2 Å². The van der Waals surface area contributed by atoms with Crippen molar-refractivity contribution in [1.29, 1.82) is 0 Å². The van der Waals surface area contributed by atoms with Gasteiger partial charge in [-0.1, -0.05) is 30.3 Å². The lowest BCUT2D eigenvalue weighted by Crippen LogP contribution is -2.42. The molecule has 0 aliphatic carbocycles. The Hall–Kier alpha value is -3.06. The monoisotopic (exact) mass is 367 g/mol. The van der Waals surface area contributed by atoms with Crippen LogP contribution in [0.2, 0.25) is 0 Å². The molecular weight excluding hydrogens is 346 g/mol. The molecule has 27 heavy (non-hydrogen) atoms. The zero-order valence-corrected chi connectivity index (χ0v) is 14.7. The molecule has 0 aromatic heterocycles. The van der Waals surface area contributed by atoms with E-state index in [0.717, 1.165) is 0 Å². The van der Waals surface area contributed by atoms with Gasteiger partial charge in [0, 0.05) is 32.1 Å². The number of nitrogens with one attached hydrogen (secondary N) is 2. The third-order valence-corrected chi connectivity index (χ3v) is 5.34. The van der Waals surface area contributed by atoms with Gasteiger partial charge in [0.15, 0.2) is 5.75 Å². The lowest BCUT2D eigenvalue weighted by molar-refractivity contribution is -0.148. The number of nitrogens with zero attached hydrogens (tertiary/aromatic N) is 1. The number of carboxylic acid groups (broad SMARTS) is 1. The van der Waals surface area contributed by atoms with Crippen molar-refractivity contribution in [2.24, 2.45) is 11.3 Å². The SMILES string of the molecule is O=C(Nc1ccccc1Oc1ccccc1)N1C[C@H]2CNC[C@@]2(C(=O)O)C1. The highest BCUT2D eigenvalue weighted by atomic mass is 16.5. The van der Waals surface area contributed by atoms with Crippen molar-refractivity contribution in [3.63, 3.8) is 0 Å². The minimum Gasteiger partial charge on any atom is -0.481 e. The van der Waals surface area contributed by atoms with Gasteiger partial charge in [-0.15, -0.1) is 0 Å². The third kappa shape index (κ3) is 3.21. The van der Waals surface area contributed by atoms with Gasteiger partial charge in [-0.2, -0.15) is 0 Å². The van der Waals surface area contributed by atoms with E-state index in [0.29, 0.717) is 36.8 Å². The first-order valence-corrected chi connectivity index (χ1v) is 8.90. The van der Waals surface area contributed by atoms with Crippen LogP contribution in [0.1, 0.15) is 0 Å². The van der Waals surface area contributed by atoms with Crippen LogP contribution in [0.4, 0.5) is 10.5 Å². The summed E-state index contributed by atoms with van der Waals surface area (Å²) in [5.74, 6) is 0.286. The molecule has 2 atom stereocenters. The van der Waals surface area contributed by atoms with Crippen LogP contribution in [0.15, 0.2) is 54.6 Å². The molecule has 3 N–H and O–H groups in total. The Morgan fingerprint density at radius 3 is 2.63 bits per heavy atom. The van der Waals surface area contributed by atoms with Crippen LogP contribution in [0.3, 0.4) is 0 Å². The molecule has 7 heteroatoms. The maximum atomic E-state index is 12.8. The van der Waals surface area contributed by atoms with Gasteiger partial charge in [0.1, 0.15) is 11.2 Å². The molecule has 2 aliphatic heterocycles. The fourth-order valence-electron chi connectivity index (χ4n) is 3.85. The Morgan fingerprint density at radius 1 is 1.15 bits per heavy atom. The van der Waals surface area contributed by atoms with Crippen molar-refractivity contribution >= 4 is 17.7 Å². The van der Waals surface area contributed by atoms with Crippen molar-refractivity contribution < 1.29 is 19.4 Å². The number of hydrogen-bond donors (Lipinski definition) is 3. The van der Waals surface area contributed by atoms with E-state index < -0.39 is 11.4 Å². The number of hydrogen-bond acceptors (Lipinski definition) is 4. The molecule has 2 amide bonds. The minimum absolute atomic E-state index is 0.0726. The molecule has 2 aromatic carbocycles. The second kappa shape index (κ2) is 6.92. The molecule has 0 saturated carbocycles. The van der Waals surface area contributed by atoms with Gasteiger partial charge in [-0.3, -0.25) is 4.79 Å². The van der Waals surface area contributed by atoms with Crippen molar-refractivity contribution in [2.75, 3.05) is 31.5 Å². The van der Waals surface area contributed by atoms with E-state index >= 15 is 0 Å². The van der Waals surface area contributed by atoms with Crippen LogP contribution in [0.25, 0.3) is 0 Å². The number of benzene rings is 2. The maximum Gasteiger partial charge on any atom is 0.321 e. The Balaban J connectivity index is 1.49. The summed E-state index contributed by atoms with van der Waals surface area (Å²) in [6.07, 6.45) is 0. The Morgan fingerprint density at radius 2 is 1.89 bits per heavy atom. The van der Waals surface area contributed by atoms with Gasteiger partial charge in [0.2, 0.25) is 0 Å². The topological polar surface area (TPSA) is 90.9 Å². The number of carbonyl (C=O) groups excluding carboxylic acids is 1. The normalized spacial score (nSPS) is 23.7. The molecular formula is C20H21N3O4. The lowest BCUT2D eigenvalue weighted by atomic mass is 9.81. The number of ether oxygens (including phenoxy) is 1. The van der Waals surface area contributed by atoms with Crippen molar-refractivity contribution in [2.45, 2.75) is 0 Å². The molecule has 0 spiro atoms. The first-order chi connectivity index (χ1) is 13.1. The number of para-hydroxylation sites is 3. The van der Waals surface area contributed by atoms with Crippen LogP contribution < -0.4 is 15.4 Å². The molecule has 2 fully saturated rings. The molecule has 2 aromatic rings. The van der Waals surface area contributed by atoms with Gasteiger partial charge in [0.05, 0.1) is 5.69 Å². The number of rotatable bonds is 4. The highest BCUT2D eigenvalue weighted by Crippen LogP contribution is 2.39. The van der Waals surface area contributed by atoms with Gasteiger partial charge in [-0.05, 0) is 24.3 Å². The van der Waals surface area contributed by atoms with Crippen LogP contribution in [0.5, 0.6) is 11.5 Å². The highest BCUT2D eigenvalue weighted by Gasteiger charge is 2.56. The zero-order chi connectivity index (χ0) is 18.9.